The van der Waals surface area contributed by atoms with Crippen LogP contribution in [0.2, 0.25) is 0 Å². The summed E-state index contributed by atoms with van der Waals surface area (Å²) in [6, 6.07) is 22.2. The quantitative estimate of drug-likeness (QED) is 0.120. The van der Waals surface area contributed by atoms with Gasteiger partial charge in [-0.2, -0.15) is 8.78 Å². The first kappa shape index (κ1) is 24.6. The average molecular weight is 518 g/mol. The second-order valence-corrected chi connectivity index (χ2v) is 12.3. The average Bonchev–Trinajstić information content (AvgIpc) is 2.80. The van der Waals surface area contributed by atoms with Gasteiger partial charge in [-0.15, -0.1) is 0 Å². The van der Waals surface area contributed by atoms with Gasteiger partial charge in [-0.3, -0.25) is 0 Å². The predicted octanol–water partition coefficient (Wildman–Crippen LogP) is 8.56. The van der Waals surface area contributed by atoms with Crippen LogP contribution in [-0.2, 0) is 4.57 Å². The van der Waals surface area contributed by atoms with Crippen molar-refractivity contribution < 1.29 is 30.9 Å². The molecule has 1 nitrogen and oxygen atoms in total. The fraction of sp³-hybridized carbons (Fsp3) is 0.214. The highest BCUT2D eigenvalue weighted by atomic mass is 31.2. The molecule has 0 amide bonds. The summed E-state index contributed by atoms with van der Waals surface area (Å²) in [7, 11) is -5.07. The lowest BCUT2D eigenvalue weighted by Crippen LogP contribution is -2.38. The Morgan fingerprint density at radius 1 is 0.611 bits per heavy atom. The summed E-state index contributed by atoms with van der Waals surface area (Å²) in [5, 5.41) is 4.03. The minimum absolute atomic E-state index is 0.245. The highest BCUT2D eigenvalue weighted by Crippen LogP contribution is 2.62. The largest absolute Gasteiger partial charge is 0.311 e. The maximum absolute atomic E-state index is 15.8. The van der Waals surface area contributed by atoms with Gasteiger partial charge < -0.3 is 4.57 Å². The van der Waals surface area contributed by atoms with Crippen LogP contribution >= 0.6 is 7.14 Å². The number of rotatable bonds is 7. The lowest BCUT2D eigenvalue weighted by atomic mass is 9.94. The van der Waals surface area contributed by atoms with Gasteiger partial charge in [-0.25, -0.2) is 17.6 Å². The van der Waals surface area contributed by atoms with E-state index in [0.29, 0.717) is 10.8 Å². The minimum atomic E-state index is -5.07. The van der Waals surface area contributed by atoms with Gasteiger partial charge >= 0.3 is 5.66 Å². The van der Waals surface area contributed by atoms with E-state index >= 15 is 8.78 Å². The van der Waals surface area contributed by atoms with Crippen molar-refractivity contribution in [3.8, 4) is 0 Å². The molecule has 0 aromatic heterocycles. The molecule has 0 aliphatic carbocycles. The Morgan fingerprint density at radius 2 is 1.11 bits per heavy atom. The van der Waals surface area contributed by atoms with E-state index in [1.165, 1.54) is 42.5 Å². The number of alkyl halides is 6. The number of hydrogen-bond acceptors (Lipinski definition) is 1. The van der Waals surface area contributed by atoms with Crippen LogP contribution in [0.3, 0.4) is 0 Å². The van der Waals surface area contributed by atoms with Gasteiger partial charge in [0.05, 0.1) is 12.8 Å². The first-order valence-electron chi connectivity index (χ1n) is 11.3. The van der Waals surface area contributed by atoms with Gasteiger partial charge in [-0.05, 0) is 51.4 Å². The molecule has 0 fully saturated rings. The third-order valence-corrected chi connectivity index (χ3v) is 9.52. The van der Waals surface area contributed by atoms with Crippen molar-refractivity contribution >= 4 is 50.1 Å². The molecule has 8 heteroatoms. The van der Waals surface area contributed by atoms with E-state index < -0.39 is 37.5 Å². The van der Waals surface area contributed by atoms with Crippen LogP contribution in [0, 0.1) is 0 Å². The summed E-state index contributed by atoms with van der Waals surface area (Å²) >= 11 is 0. The third kappa shape index (κ3) is 4.13. The van der Waals surface area contributed by atoms with E-state index in [2.05, 4.69) is 0 Å². The molecule has 0 saturated heterocycles. The zero-order valence-electron chi connectivity index (χ0n) is 19.1. The predicted molar refractivity (Wildman–Crippen MR) is 133 cm³/mol. The SMILES string of the molecule is CC(F)(F)CC(F)(F)CC(F)(F)P(=O)(c1ccccc1)c1cc2ccc3cccc4ccc(c1)c2c34. The molecule has 5 aromatic carbocycles. The number of hydrogen-bond donors (Lipinski definition) is 0. The van der Waals surface area contributed by atoms with E-state index in [9.17, 15) is 22.1 Å². The van der Waals surface area contributed by atoms with Gasteiger partial charge in [0.15, 0.2) is 0 Å². The Hall–Kier alpha value is -3.05. The fourth-order valence-electron chi connectivity index (χ4n) is 5.02. The maximum Gasteiger partial charge on any atom is 0.311 e. The highest BCUT2D eigenvalue weighted by molar-refractivity contribution is 7.79. The Morgan fingerprint density at radius 3 is 1.64 bits per heavy atom. The van der Waals surface area contributed by atoms with E-state index in [4.69, 9.17) is 0 Å². The van der Waals surface area contributed by atoms with Crippen molar-refractivity contribution in [1.82, 2.24) is 0 Å². The van der Waals surface area contributed by atoms with Crippen molar-refractivity contribution in [3.63, 3.8) is 0 Å². The van der Waals surface area contributed by atoms with E-state index in [1.54, 1.807) is 12.1 Å². The van der Waals surface area contributed by atoms with Crippen LogP contribution in [0.15, 0.2) is 84.9 Å². The van der Waals surface area contributed by atoms with E-state index in [-0.39, 0.29) is 17.5 Å². The first-order valence-corrected chi connectivity index (χ1v) is 13.0. The Labute approximate surface area is 203 Å². The smallest absolute Gasteiger partial charge is 0.307 e. The molecule has 1 atom stereocenters. The Bertz CT molecular complexity index is 1540. The molecule has 0 aliphatic heterocycles. The molecule has 0 spiro atoms. The number of halogens is 6. The zero-order valence-corrected chi connectivity index (χ0v) is 20.0. The Balaban J connectivity index is 1.74. The molecule has 0 radical (unpaired) electrons. The molecule has 0 aliphatic rings. The zero-order chi connectivity index (χ0) is 25.9. The van der Waals surface area contributed by atoms with Gasteiger partial charge in [0, 0.05) is 10.6 Å². The van der Waals surface area contributed by atoms with Crippen LogP contribution in [0.5, 0.6) is 0 Å². The Kier molecular flexibility index (Phi) is 5.64. The highest BCUT2D eigenvalue weighted by Gasteiger charge is 2.58. The van der Waals surface area contributed by atoms with Crippen molar-refractivity contribution in [2.24, 2.45) is 0 Å². The molecule has 0 heterocycles. The lowest BCUT2D eigenvalue weighted by molar-refractivity contribution is -0.131. The molecule has 1 unspecified atom stereocenters. The summed E-state index contributed by atoms with van der Waals surface area (Å²) in [6.45, 7) is 0.245. The second kappa shape index (κ2) is 8.24. The van der Waals surface area contributed by atoms with Gasteiger partial charge in [-0.1, -0.05) is 72.8 Å². The summed E-state index contributed by atoms with van der Waals surface area (Å²) in [5.74, 6) is -8.31. The van der Waals surface area contributed by atoms with Crippen LogP contribution in [-0.4, -0.2) is 17.5 Å². The fourth-order valence-corrected chi connectivity index (χ4v) is 7.76. The van der Waals surface area contributed by atoms with Crippen molar-refractivity contribution in [3.05, 3.63) is 84.9 Å². The van der Waals surface area contributed by atoms with Crippen LogP contribution < -0.4 is 10.6 Å². The van der Waals surface area contributed by atoms with Crippen molar-refractivity contribution in [2.75, 3.05) is 0 Å². The monoisotopic (exact) mass is 518 g/mol. The summed E-state index contributed by atoms with van der Waals surface area (Å²) in [4.78, 5) is 0. The molecule has 5 rings (SSSR count). The lowest BCUT2D eigenvalue weighted by Gasteiger charge is -2.32. The van der Waals surface area contributed by atoms with Crippen LogP contribution in [0.1, 0.15) is 19.8 Å². The van der Waals surface area contributed by atoms with Crippen molar-refractivity contribution in [2.45, 2.75) is 37.3 Å². The maximum atomic E-state index is 15.8. The molecular formula is C28H21F6OP. The molecule has 0 bridgehead atoms. The minimum Gasteiger partial charge on any atom is -0.307 e. The molecule has 0 saturated carbocycles. The first-order chi connectivity index (χ1) is 16.8. The van der Waals surface area contributed by atoms with Gasteiger partial charge in [0.2, 0.25) is 7.14 Å². The molecule has 36 heavy (non-hydrogen) atoms. The molecule has 5 aromatic rings. The van der Waals surface area contributed by atoms with Crippen LogP contribution in [0.4, 0.5) is 26.3 Å². The second-order valence-electron chi connectivity index (χ2n) is 9.37. The summed E-state index contributed by atoms with van der Waals surface area (Å²) < 4.78 is 102. The molecule has 186 valence electrons. The standard InChI is InChI=1S/C28H21F6OP/c1-26(29,30)16-27(31,32)17-28(33,34)36(35,22-8-3-2-4-9-22)23-14-20-12-10-18-6-5-7-19-11-13-21(15-23)25(20)24(18)19/h2-15H,16-17H2,1H3. The van der Waals surface area contributed by atoms with E-state index in [1.807, 2.05) is 30.3 Å². The van der Waals surface area contributed by atoms with Gasteiger partial charge in [0.1, 0.15) is 0 Å². The topological polar surface area (TPSA) is 17.1 Å². The normalized spacial score (nSPS) is 15.1. The van der Waals surface area contributed by atoms with Crippen LogP contribution in [0.25, 0.3) is 32.3 Å². The van der Waals surface area contributed by atoms with Gasteiger partial charge in [0.25, 0.3) is 11.8 Å². The molecular weight excluding hydrogens is 497 g/mol. The van der Waals surface area contributed by atoms with Crippen molar-refractivity contribution in [1.29, 1.82) is 0 Å². The third-order valence-electron chi connectivity index (χ3n) is 6.43. The van der Waals surface area contributed by atoms with E-state index in [0.717, 1.165) is 21.5 Å². The summed E-state index contributed by atoms with van der Waals surface area (Å²) in [5.41, 5.74) is -4.50. The number of benzene rings is 5. The molecule has 0 N–H and O–H groups in total. The summed E-state index contributed by atoms with van der Waals surface area (Å²) in [6.07, 6.45) is -4.33.